The van der Waals surface area contributed by atoms with Crippen LogP contribution < -0.4 is 0 Å². The maximum atomic E-state index is 4.52. The van der Waals surface area contributed by atoms with Crippen molar-refractivity contribution >= 4 is 6.34 Å². The van der Waals surface area contributed by atoms with Crippen molar-refractivity contribution in [3.63, 3.8) is 0 Å². The normalized spacial score (nSPS) is 22.0. The average Bonchev–Trinajstić information content (AvgIpc) is 2.68. The lowest BCUT2D eigenvalue weighted by atomic mass is 10.1. The third kappa shape index (κ3) is 3.19. The molecule has 1 heterocycles. The zero-order valence-corrected chi connectivity index (χ0v) is 11.3. The highest BCUT2D eigenvalue weighted by Gasteiger charge is 2.23. The molecule has 0 aromatic rings. The Labute approximate surface area is 105 Å². The molecule has 0 N–H and O–H groups in total. The molecule has 1 rings (SSSR count). The quantitative estimate of drug-likeness (QED) is 0.525. The minimum Gasteiger partial charge on any atom is -0.304 e. The van der Waals surface area contributed by atoms with E-state index in [0.717, 1.165) is 17.8 Å². The molecule has 0 bridgehead atoms. The van der Waals surface area contributed by atoms with Gasteiger partial charge in [0, 0.05) is 11.4 Å². The van der Waals surface area contributed by atoms with Crippen LogP contribution in [0.25, 0.3) is 0 Å². The van der Waals surface area contributed by atoms with Crippen molar-refractivity contribution in [3.8, 4) is 0 Å². The van der Waals surface area contributed by atoms with Crippen LogP contribution in [0, 0.1) is 0 Å². The van der Waals surface area contributed by atoms with Gasteiger partial charge in [-0.25, -0.2) is 0 Å². The van der Waals surface area contributed by atoms with Crippen LogP contribution in [0.1, 0.15) is 34.1 Å². The second-order valence-electron chi connectivity index (χ2n) is 4.19. The summed E-state index contributed by atoms with van der Waals surface area (Å²) in [6.07, 6.45) is 11.1. The van der Waals surface area contributed by atoms with E-state index in [2.05, 4.69) is 48.5 Å². The van der Waals surface area contributed by atoms with E-state index in [1.807, 2.05) is 26.3 Å². The minimum atomic E-state index is 0.186. The zero-order chi connectivity index (χ0) is 12.8. The Kier molecular flexibility index (Phi) is 4.95. The molecule has 2 heteroatoms. The molecular weight excluding hydrogens is 208 g/mol. The van der Waals surface area contributed by atoms with Crippen LogP contribution in [0.15, 0.2) is 52.8 Å². The summed E-state index contributed by atoms with van der Waals surface area (Å²) >= 11 is 0. The molecule has 0 radical (unpaired) electrons. The van der Waals surface area contributed by atoms with Gasteiger partial charge in [0.05, 0.1) is 12.4 Å². The van der Waals surface area contributed by atoms with Crippen LogP contribution in [-0.2, 0) is 0 Å². The smallest absolute Gasteiger partial charge is 0.0952 e. The highest BCUT2D eigenvalue weighted by atomic mass is 15.2. The monoisotopic (exact) mass is 230 g/mol. The van der Waals surface area contributed by atoms with E-state index in [-0.39, 0.29) is 6.04 Å². The third-order valence-corrected chi connectivity index (χ3v) is 2.98. The molecule has 0 saturated carbocycles. The summed E-state index contributed by atoms with van der Waals surface area (Å²) in [5.41, 5.74) is 3.53. The Balaban J connectivity index is 2.78. The lowest BCUT2D eigenvalue weighted by Gasteiger charge is -2.20. The predicted molar refractivity (Wildman–Crippen MR) is 75.9 cm³/mol. The van der Waals surface area contributed by atoms with E-state index in [9.17, 15) is 0 Å². The molecule has 17 heavy (non-hydrogen) atoms. The molecule has 0 saturated heterocycles. The Morgan fingerprint density at radius 1 is 1.41 bits per heavy atom. The molecule has 2 nitrogen and oxygen atoms in total. The Hall–Kier alpha value is -1.57. The SMILES string of the molecule is C=C1C(C/C(C)=C\C)N=CN1C(/C=C\C)=C/C. The van der Waals surface area contributed by atoms with Gasteiger partial charge in [0.1, 0.15) is 0 Å². The van der Waals surface area contributed by atoms with Crippen LogP contribution in [0.4, 0.5) is 0 Å². The van der Waals surface area contributed by atoms with Crippen molar-refractivity contribution in [3.05, 3.63) is 47.9 Å². The van der Waals surface area contributed by atoms with Gasteiger partial charge in [0.25, 0.3) is 0 Å². The lowest BCUT2D eigenvalue weighted by Crippen LogP contribution is -2.19. The number of hydrogen-bond donors (Lipinski definition) is 0. The van der Waals surface area contributed by atoms with E-state index in [1.165, 1.54) is 5.57 Å². The highest BCUT2D eigenvalue weighted by molar-refractivity contribution is 5.67. The summed E-state index contributed by atoms with van der Waals surface area (Å²) in [7, 11) is 0. The fraction of sp³-hybridized carbons (Fsp3) is 0.400. The first kappa shape index (κ1) is 13.5. The van der Waals surface area contributed by atoms with Crippen molar-refractivity contribution in [2.45, 2.75) is 40.2 Å². The fourth-order valence-electron chi connectivity index (χ4n) is 1.78. The topological polar surface area (TPSA) is 15.6 Å². The van der Waals surface area contributed by atoms with Gasteiger partial charge in [-0.05, 0) is 40.2 Å². The summed E-state index contributed by atoms with van der Waals surface area (Å²) < 4.78 is 0. The van der Waals surface area contributed by atoms with E-state index in [0.29, 0.717) is 0 Å². The molecule has 92 valence electrons. The molecule has 1 aliphatic rings. The number of allylic oxidation sites excluding steroid dienone is 4. The molecule has 1 unspecified atom stereocenters. The molecule has 1 aliphatic heterocycles. The second-order valence-corrected chi connectivity index (χ2v) is 4.19. The molecule has 0 amide bonds. The third-order valence-electron chi connectivity index (χ3n) is 2.98. The van der Waals surface area contributed by atoms with E-state index >= 15 is 0 Å². The van der Waals surface area contributed by atoms with Gasteiger partial charge in [-0.15, -0.1) is 0 Å². The molecule has 0 aromatic heterocycles. The van der Waals surface area contributed by atoms with Crippen LogP contribution in [0.5, 0.6) is 0 Å². The van der Waals surface area contributed by atoms with E-state index in [1.54, 1.807) is 0 Å². The van der Waals surface area contributed by atoms with Gasteiger partial charge in [-0.1, -0.05) is 30.4 Å². The molecule has 0 fully saturated rings. The van der Waals surface area contributed by atoms with Gasteiger partial charge >= 0.3 is 0 Å². The van der Waals surface area contributed by atoms with E-state index < -0.39 is 0 Å². The minimum absolute atomic E-state index is 0.186. The molecule has 0 spiro atoms. The summed E-state index contributed by atoms with van der Waals surface area (Å²) in [6.45, 7) is 12.4. The average molecular weight is 230 g/mol. The van der Waals surface area contributed by atoms with Crippen LogP contribution in [-0.4, -0.2) is 17.3 Å². The Morgan fingerprint density at radius 3 is 2.65 bits per heavy atom. The molecule has 0 aliphatic carbocycles. The van der Waals surface area contributed by atoms with Gasteiger partial charge in [0.15, 0.2) is 0 Å². The van der Waals surface area contributed by atoms with Crippen molar-refractivity contribution in [2.24, 2.45) is 4.99 Å². The maximum Gasteiger partial charge on any atom is 0.0952 e. The largest absolute Gasteiger partial charge is 0.304 e. The van der Waals surface area contributed by atoms with Crippen LogP contribution in [0.3, 0.4) is 0 Å². The predicted octanol–water partition coefficient (Wildman–Crippen LogP) is 4.05. The molecule has 1 atom stereocenters. The van der Waals surface area contributed by atoms with Gasteiger partial charge in [0.2, 0.25) is 0 Å². The van der Waals surface area contributed by atoms with Crippen molar-refractivity contribution in [2.75, 3.05) is 0 Å². The zero-order valence-electron chi connectivity index (χ0n) is 11.3. The maximum absolute atomic E-state index is 4.52. The standard InChI is InChI=1S/C15H22N2/c1-6-9-14(8-3)17-11-16-15(13(17)5)10-12(4)7-2/h6-9,11,15H,5,10H2,1-4H3/b9-6-,12-7-,14-8+. The molecule has 0 aromatic carbocycles. The lowest BCUT2D eigenvalue weighted by molar-refractivity contribution is 0.625. The Bertz CT molecular complexity index is 397. The van der Waals surface area contributed by atoms with Gasteiger partial charge < -0.3 is 4.90 Å². The first-order valence-corrected chi connectivity index (χ1v) is 6.06. The summed E-state index contributed by atoms with van der Waals surface area (Å²) in [5, 5.41) is 0. The number of hydrogen-bond acceptors (Lipinski definition) is 2. The summed E-state index contributed by atoms with van der Waals surface area (Å²) in [4.78, 5) is 6.59. The first-order chi connectivity index (χ1) is 8.13. The Morgan fingerprint density at radius 2 is 2.12 bits per heavy atom. The van der Waals surface area contributed by atoms with Crippen LogP contribution >= 0.6 is 0 Å². The molecular formula is C15H22N2. The summed E-state index contributed by atoms with van der Waals surface area (Å²) in [6, 6.07) is 0.186. The summed E-state index contributed by atoms with van der Waals surface area (Å²) in [5.74, 6) is 0. The number of rotatable bonds is 4. The fourth-order valence-corrected chi connectivity index (χ4v) is 1.78. The second kappa shape index (κ2) is 6.24. The van der Waals surface area contributed by atoms with Crippen molar-refractivity contribution in [1.29, 1.82) is 0 Å². The van der Waals surface area contributed by atoms with Crippen molar-refractivity contribution < 1.29 is 0 Å². The first-order valence-electron chi connectivity index (χ1n) is 6.06. The van der Waals surface area contributed by atoms with Crippen LogP contribution in [0.2, 0.25) is 0 Å². The highest BCUT2D eigenvalue weighted by Crippen LogP contribution is 2.25. The van der Waals surface area contributed by atoms with Gasteiger partial charge in [-0.3, -0.25) is 4.99 Å². The number of nitrogens with zero attached hydrogens (tertiary/aromatic N) is 2. The van der Waals surface area contributed by atoms with Gasteiger partial charge in [-0.2, -0.15) is 0 Å². The van der Waals surface area contributed by atoms with Crippen molar-refractivity contribution in [1.82, 2.24) is 4.90 Å². The van der Waals surface area contributed by atoms with E-state index in [4.69, 9.17) is 0 Å². The number of aliphatic imine (C=N–C) groups is 1.